The molecule has 15 nitrogen and oxygen atoms in total. The van der Waals surface area contributed by atoms with E-state index in [1.54, 1.807) is 17.0 Å². The maximum absolute atomic E-state index is 13.1. The zero-order valence-electron chi connectivity index (χ0n) is 19.8. The second-order valence-electron chi connectivity index (χ2n) is 8.02. The summed E-state index contributed by atoms with van der Waals surface area (Å²) in [7, 11) is -4.66. The number of carboxylic acid groups (broad SMARTS) is 1. The minimum Gasteiger partial charge on any atom is -0.477 e. The van der Waals surface area contributed by atoms with Crippen LogP contribution in [0.5, 0.6) is 0 Å². The summed E-state index contributed by atoms with van der Waals surface area (Å²) in [4.78, 5) is 66.5. The molecule has 2 atom stereocenters. The number of carbonyl (C=O) groups excluding carboxylic acids is 2. The lowest BCUT2D eigenvalue weighted by Crippen LogP contribution is -2.71. The van der Waals surface area contributed by atoms with Crippen LogP contribution in [0.2, 0.25) is 0 Å². The summed E-state index contributed by atoms with van der Waals surface area (Å²) in [5.74, 6) is -2.66. The maximum Gasteiger partial charge on any atom is 0.429 e. The molecule has 4 rings (SSSR count). The van der Waals surface area contributed by atoms with E-state index in [9.17, 15) is 24.1 Å². The Morgan fingerprint density at radius 1 is 1.32 bits per heavy atom. The van der Waals surface area contributed by atoms with E-state index in [-0.39, 0.29) is 29.8 Å². The first-order valence-electron chi connectivity index (χ1n) is 11.1. The Bertz CT molecular complexity index is 1350. The van der Waals surface area contributed by atoms with Crippen LogP contribution < -0.4 is 15.0 Å². The third kappa shape index (κ3) is 6.19. The van der Waals surface area contributed by atoms with Crippen molar-refractivity contribution < 1.29 is 43.2 Å². The molecule has 0 aromatic carbocycles. The quantitative estimate of drug-likeness (QED) is 0.0586. The van der Waals surface area contributed by atoms with Crippen molar-refractivity contribution in [2.45, 2.75) is 31.3 Å². The molecule has 4 heterocycles. The average Bonchev–Trinajstić information content (AvgIpc) is 3.31. The second kappa shape index (κ2) is 11.6. The van der Waals surface area contributed by atoms with E-state index >= 15 is 0 Å². The summed E-state index contributed by atoms with van der Waals surface area (Å²) in [6.07, 6.45) is 4.16. The van der Waals surface area contributed by atoms with E-state index in [2.05, 4.69) is 19.8 Å². The van der Waals surface area contributed by atoms with Crippen molar-refractivity contribution in [3.05, 3.63) is 47.7 Å². The van der Waals surface area contributed by atoms with Crippen molar-refractivity contribution in [3.63, 3.8) is 0 Å². The van der Waals surface area contributed by atoms with Crippen LogP contribution in [-0.2, 0) is 30.3 Å². The van der Waals surface area contributed by atoms with Crippen molar-refractivity contribution in [1.29, 1.82) is 0 Å². The Kier molecular flexibility index (Phi) is 8.42. The number of nitrogens with one attached hydrogen (secondary N) is 2. The number of pyridine rings is 1. The molecule has 1 unspecified atom stereocenters. The van der Waals surface area contributed by atoms with Crippen LogP contribution in [0.4, 0.5) is 5.13 Å². The lowest BCUT2D eigenvalue weighted by atomic mass is 10.0. The van der Waals surface area contributed by atoms with Gasteiger partial charge in [0.2, 0.25) is 16.7 Å². The fourth-order valence-corrected chi connectivity index (χ4v) is 6.23. The number of carboxylic acids is 1. The normalized spacial score (nSPS) is 19.5. The predicted molar refractivity (Wildman–Crippen MR) is 135 cm³/mol. The third-order valence-corrected chi connectivity index (χ3v) is 7.86. The monoisotopic (exact) mass is 584 g/mol. The number of thioether (sulfide) groups is 1. The third-order valence-electron chi connectivity index (χ3n) is 5.23. The van der Waals surface area contributed by atoms with E-state index in [0.717, 1.165) is 4.90 Å². The van der Waals surface area contributed by atoms with Crippen LogP contribution in [0.1, 0.15) is 19.2 Å². The summed E-state index contributed by atoms with van der Waals surface area (Å²) in [5, 5.41) is 17.1. The molecule has 0 spiro atoms. The van der Waals surface area contributed by atoms with Crippen LogP contribution in [0.15, 0.2) is 47.0 Å². The van der Waals surface area contributed by atoms with Gasteiger partial charge in [-0.1, -0.05) is 18.1 Å². The number of hydrogen-bond acceptors (Lipinski definition) is 10. The molecule has 0 bridgehead atoms. The van der Waals surface area contributed by atoms with Crippen molar-refractivity contribution in [2.75, 3.05) is 17.4 Å². The molecule has 38 heavy (non-hydrogen) atoms. The summed E-state index contributed by atoms with van der Waals surface area (Å²) in [6.45, 7) is 2.27. The van der Waals surface area contributed by atoms with Gasteiger partial charge in [0.1, 0.15) is 23.7 Å². The van der Waals surface area contributed by atoms with Crippen LogP contribution in [0, 0.1) is 0 Å². The molecule has 2 aliphatic rings. The standard InChI is InChI=1S/C20H22N7O8PS2/c1-2-8-35-23-12(15-22-20(38-25-15)24-36(32,33)34)16(28)21-13-17(29)27-14(19(30)31)11(10-37-18(13)27)9-26-6-4-3-5-7-26/h3-7,13,18H,2,8-10H2,1H3,(H4-,21,22,24,25,28,30,31,32,33,34)/p+1/t13?,18-/m1/s1. The van der Waals surface area contributed by atoms with Gasteiger partial charge in [0.15, 0.2) is 18.9 Å². The number of oxime groups is 1. The van der Waals surface area contributed by atoms with Crippen LogP contribution >= 0.6 is 31.0 Å². The highest BCUT2D eigenvalue weighted by molar-refractivity contribution is 8.00. The van der Waals surface area contributed by atoms with Gasteiger partial charge >= 0.3 is 13.7 Å². The van der Waals surface area contributed by atoms with Gasteiger partial charge in [0.25, 0.3) is 11.8 Å². The first-order chi connectivity index (χ1) is 18.1. The van der Waals surface area contributed by atoms with Gasteiger partial charge in [0.05, 0.1) is 0 Å². The van der Waals surface area contributed by atoms with E-state index in [1.165, 1.54) is 11.8 Å². The van der Waals surface area contributed by atoms with Crippen molar-refractivity contribution in [1.82, 2.24) is 19.6 Å². The van der Waals surface area contributed by atoms with Crippen LogP contribution in [0.3, 0.4) is 0 Å². The Balaban J connectivity index is 1.52. The highest BCUT2D eigenvalue weighted by Crippen LogP contribution is 2.40. The van der Waals surface area contributed by atoms with Crippen molar-refractivity contribution >= 4 is 59.7 Å². The molecule has 5 N–H and O–H groups in total. The van der Waals surface area contributed by atoms with Gasteiger partial charge in [-0.2, -0.15) is 9.36 Å². The zero-order valence-corrected chi connectivity index (χ0v) is 22.3. The number of hydrogen-bond donors (Lipinski definition) is 5. The molecular formula is C20H23N7O8PS2+. The predicted octanol–water partition coefficient (Wildman–Crippen LogP) is -0.100. The molecule has 2 aliphatic heterocycles. The molecule has 202 valence electrons. The number of amides is 2. The van der Waals surface area contributed by atoms with Crippen molar-refractivity contribution in [3.8, 4) is 0 Å². The molecule has 1 saturated heterocycles. The molecule has 0 saturated carbocycles. The molecule has 2 aromatic rings. The van der Waals surface area contributed by atoms with E-state index in [0.29, 0.717) is 29.3 Å². The number of aliphatic carboxylic acids is 1. The van der Waals surface area contributed by atoms with Crippen molar-refractivity contribution in [2.24, 2.45) is 5.16 Å². The fraction of sp³-hybridized carbons (Fsp3) is 0.350. The molecule has 1 fully saturated rings. The summed E-state index contributed by atoms with van der Waals surface area (Å²) < 4.78 is 16.9. The number of fused-ring (bicyclic) bond motifs is 1. The minimum absolute atomic E-state index is 0.116. The lowest BCUT2D eigenvalue weighted by molar-refractivity contribution is -0.689. The smallest absolute Gasteiger partial charge is 0.429 e. The van der Waals surface area contributed by atoms with Gasteiger partial charge in [-0.15, -0.1) is 11.8 Å². The first kappa shape index (κ1) is 27.7. The largest absolute Gasteiger partial charge is 0.477 e. The second-order valence-corrected chi connectivity index (χ2v) is 11.2. The zero-order chi connectivity index (χ0) is 27.4. The van der Waals surface area contributed by atoms with E-state index < -0.39 is 42.7 Å². The highest BCUT2D eigenvalue weighted by Gasteiger charge is 2.54. The molecule has 2 aromatic heterocycles. The summed E-state index contributed by atoms with van der Waals surface area (Å²) in [5.41, 5.74) is 0.0332. The molecule has 18 heteroatoms. The summed E-state index contributed by atoms with van der Waals surface area (Å²) in [6, 6.07) is 4.41. The molecule has 0 radical (unpaired) electrons. The van der Waals surface area contributed by atoms with E-state index in [1.807, 2.05) is 30.2 Å². The number of carbonyl (C=O) groups is 3. The van der Waals surface area contributed by atoms with Gasteiger partial charge in [-0.25, -0.2) is 13.9 Å². The van der Waals surface area contributed by atoms with Crippen LogP contribution in [-0.4, -0.2) is 76.4 Å². The Morgan fingerprint density at radius 3 is 2.71 bits per heavy atom. The number of aromatic nitrogens is 3. The highest BCUT2D eigenvalue weighted by atomic mass is 32.2. The first-order valence-corrected chi connectivity index (χ1v) is 14.5. The molecule has 0 aliphatic carbocycles. The lowest BCUT2D eigenvalue weighted by Gasteiger charge is -2.49. The van der Waals surface area contributed by atoms with E-state index in [4.69, 9.17) is 14.6 Å². The number of β-lactam (4-membered cyclic amide) rings is 1. The minimum atomic E-state index is -4.66. The average molecular weight is 585 g/mol. The van der Waals surface area contributed by atoms with Crippen LogP contribution in [0.25, 0.3) is 0 Å². The number of nitrogens with zero attached hydrogens (tertiary/aromatic N) is 5. The fourth-order valence-electron chi connectivity index (χ4n) is 3.65. The van der Waals surface area contributed by atoms with Gasteiger partial charge < -0.3 is 25.0 Å². The van der Waals surface area contributed by atoms with Gasteiger partial charge in [-0.05, 0) is 6.42 Å². The topological polar surface area (TPSA) is 208 Å². The number of anilines is 1. The maximum atomic E-state index is 13.1. The molecule has 2 amide bonds. The number of rotatable bonds is 11. The Morgan fingerprint density at radius 2 is 2.05 bits per heavy atom. The SMILES string of the molecule is CCCON=C(C(=O)NC1C(=O)N2C(C(=O)O)=C(C[n+]3ccccc3)CS[C@H]12)c1nsc(NP(=O)(O)O)n1. The molecular weight excluding hydrogens is 561 g/mol. The Labute approximate surface area is 224 Å². The van der Waals surface area contributed by atoms with Gasteiger partial charge in [-0.3, -0.25) is 19.6 Å². The Hall–Kier alpha value is -3.37. The van der Waals surface area contributed by atoms with Gasteiger partial charge in [0, 0.05) is 35.0 Å². The summed E-state index contributed by atoms with van der Waals surface area (Å²) >= 11 is 1.90.